The molecule has 0 aromatic carbocycles. The van der Waals surface area contributed by atoms with Gasteiger partial charge in [0.15, 0.2) is 0 Å². The minimum atomic E-state index is -0.206. The lowest BCUT2D eigenvalue weighted by atomic mass is 10.0. The van der Waals surface area contributed by atoms with Gasteiger partial charge >= 0.3 is 0 Å². The molecule has 0 saturated heterocycles. The highest BCUT2D eigenvalue weighted by atomic mass is 16.1. The average molecular weight is 189 g/mol. The number of hydrogen-bond donors (Lipinski definition) is 0. The summed E-state index contributed by atoms with van der Waals surface area (Å²) >= 11 is 0. The molecule has 72 valence electrons. The Balaban J connectivity index is 2.49. The number of nitrogens with zero attached hydrogens (tertiary/aromatic N) is 3. The second-order valence-electron chi connectivity index (χ2n) is 3.61. The Labute approximate surface area is 82.1 Å². The fraction of sp³-hybridized carbons (Fsp3) is 0.400. The molecule has 1 aliphatic heterocycles. The molecule has 0 atom stereocenters. The molecule has 2 rings (SSSR count). The lowest BCUT2D eigenvalue weighted by molar-refractivity contribution is 0.1000. The third-order valence-electron chi connectivity index (χ3n) is 2.20. The Morgan fingerprint density at radius 3 is 2.86 bits per heavy atom. The summed E-state index contributed by atoms with van der Waals surface area (Å²) in [6, 6.07) is 1.80. The van der Waals surface area contributed by atoms with Gasteiger partial charge in [0, 0.05) is 12.6 Å². The first-order valence-electron chi connectivity index (χ1n) is 4.62. The van der Waals surface area contributed by atoms with E-state index in [2.05, 4.69) is 15.2 Å². The van der Waals surface area contributed by atoms with Gasteiger partial charge < -0.3 is 0 Å². The molecule has 0 saturated carbocycles. The number of aliphatic imine (C=N–C) groups is 1. The maximum Gasteiger partial charge on any atom is 0.278 e. The molecule has 14 heavy (non-hydrogen) atoms. The van der Waals surface area contributed by atoms with Crippen molar-refractivity contribution >= 4 is 12.1 Å². The van der Waals surface area contributed by atoms with Crippen LogP contribution in [0.4, 0.5) is 0 Å². The molecule has 1 amide bonds. The third-order valence-corrected chi connectivity index (χ3v) is 2.20. The molecule has 4 heteroatoms. The van der Waals surface area contributed by atoms with Crippen LogP contribution in [0.5, 0.6) is 0 Å². The molecule has 1 aromatic rings. The first kappa shape index (κ1) is 8.99. The van der Waals surface area contributed by atoms with E-state index in [0.717, 1.165) is 11.4 Å². The smallest absolute Gasteiger partial charge is 0.267 e. The Morgan fingerprint density at radius 2 is 2.14 bits per heavy atom. The van der Waals surface area contributed by atoms with E-state index in [1.165, 1.54) is 0 Å². The van der Waals surface area contributed by atoms with Crippen LogP contribution in [-0.4, -0.2) is 22.3 Å². The minimum absolute atomic E-state index is 0.206. The molecular weight excluding hydrogens is 178 g/mol. The highest BCUT2D eigenvalue weighted by Gasteiger charge is 2.17. The second-order valence-corrected chi connectivity index (χ2v) is 3.61. The first-order chi connectivity index (χ1) is 6.68. The van der Waals surface area contributed by atoms with Gasteiger partial charge in [-0.25, -0.2) is 4.99 Å². The van der Waals surface area contributed by atoms with E-state index in [9.17, 15) is 4.79 Å². The number of carbonyl (C=O) groups is 1. The minimum Gasteiger partial charge on any atom is -0.267 e. The molecular formula is C10H11N3O. The first-order valence-corrected chi connectivity index (χ1v) is 4.62. The zero-order chi connectivity index (χ0) is 10.1. The van der Waals surface area contributed by atoms with E-state index >= 15 is 0 Å². The summed E-state index contributed by atoms with van der Waals surface area (Å²) in [6.07, 6.45) is 2.18. The van der Waals surface area contributed by atoms with Crippen LogP contribution in [0.15, 0.2) is 11.1 Å². The summed E-state index contributed by atoms with van der Waals surface area (Å²) in [5.74, 6) is 0.0783. The molecule has 0 radical (unpaired) electrons. The Kier molecular flexibility index (Phi) is 2.11. The number of amides is 1. The number of rotatable bonds is 1. The molecule has 0 unspecified atom stereocenters. The van der Waals surface area contributed by atoms with Crippen LogP contribution in [0.25, 0.3) is 0 Å². The summed E-state index contributed by atoms with van der Waals surface area (Å²) in [6.45, 7) is 4.04. The maximum absolute atomic E-state index is 11.4. The van der Waals surface area contributed by atoms with Gasteiger partial charge in [0.05, 0.1) is 17.0 Å². The van der Waals surface area contributed by atoms with Gasteiger partial charge in [-0.3, -0.25) is 4.79 Å². The van der Waals surface area contributed by atoms with Crippen LogP contribution in [-0.2, 0) is 6.42 Å². The monoisotopic (exact) mass is 189 g/mol. The fourth-order valence-corrected chi connectivity index (χ4v) is 1.33. The van der Waals surface area contributed by atoms with Crippen LogP contribution >= 0.6 is 0 Å². The van der Waals surface area contributed by atoms with Crippen molar-refractivity contribution in [2.45, 2.75) is 26.2 Å². The number of aromatic nitrogens is 2. The summed E-state index contributed by atoms with van der Waals surface area (Å²) in [5.41, 5.74) is 2.18. The van der Waals surface area contributed by atoms with E-state index in [1.807, 2.05) is 13.8 Å². The van der Waals surface area contributed by atoms with Gasteiger partial charge in [-0.1, -0.05) is 13.8 Å². The van der Waals surface area contributed by atoms with Crippen molar-refractivity contribution in [3.8, 4) is 0 Å². The lowest BCUT2D eigenvalue weighted by Gasteiger charge is -2.10. The standard InChI is InChI=1S/C10H11N3O/c1-6(2)9-5-7-8(12-13-9)3-4-11-10(7)14/h4-6H,3H2,1-2H3. The van der Waals surface area contributed by atoms with Crippen LogP contribution in [0, 0.1) is 0 Å². The Morgan fingerprint density at radius 1 is 1.36 bits per heavy atom. The van der Waals surface area contributed by atoms with Gasteiger partial charge in [-0.05, 0) is 12.0 Å². The van der Waals surface area contributed by atoms with E-state index in [4.69, 9.17) is 0 Å². The van der Waals surface area contributed by atoms with Crippen LogP contribution < -0.4 is 0 Å². The van der Waals surface area contributed by atoms with Gasteiger partial charge in [-0.2, -0.15) is 10.2 Å². The van der Waals surface area contributed by atoms with Crippen molar-refractivity contribution in [3.05, 3.63) is 23.0 Å². The predicted octanol–water partition coefficient (Wildman–Crippen LogP) is 1.37. The highest BCUT2D eigenvalue weighted by molar-refractivity contribution is 6.02. The second kappa shape index (κ2) is 3.29. The van der Waals surface area contributed by atoms with Gasteiger partial charge in [0.2, 0.25) is 0 Å². The van der Waals surface area contributed by atoms with Crippen molar-refractivity contribution in [2.75, 3.05) is 0 Å². The van der Waals surface area contributed by atoms with Crippen LogP contribution in [0.2, 0.25) is 0 Å². The molecule has 0 bridgehead atoms. The maximum atomic E-state index is 11.4. The summed E-state index contributed by atoms with van der Waals surface area (Å²) in [5, 5.41) is 8.09. The van der Waals surface area contributed by atoms with Gasteiger partial charge in [0.25, 0.3) is 5.91 Å². The van der Waals surface area contributed by atoms with Crippen molar-refractivity contribution in [1.29, 1.82) is 0 Å². The van der Waals surface area contributed by atoms with E-state index in [0.29, 0.717) is 12.0 Å². The summed E-state index contributed by atoms with van der Waals surface area (Å²) in [7, 11) is 0. The molecule has 0 aliphatic carbocycles. The van der Waals surface area contributed by atoms with Gasteiger partial charge in [-0.15, -0.1) is 0 Å². The quantitative estimate of drug-likeness (QED) is 0.670. The SMILES string of the molecule is CC(C)c1cc2c(nn1)CC=NC2=O. The normalized spacial score (nSPS) is 14.6. The molecule has 1 aromatic heterocycles. The van der Waals surface area contributed by atoms with E-state index in [1.54, 1.807) is 12.3 Å². The van der Waals surface area contributed by atoms with Crippen molar-refractivity contribution < 1.29 is 4.79 Å². The van der Waals surface area contributed by atoms with Gasteiger partial charge in [0.1, 0.15) is 0 Å². The predicted molar refractivity (Wildman–Crippen MR) is 52.6 cm³/mol. The van der Waals surface area contributed by atoms with Crippen LogP contribution in [0.3, 0.4) is 0 Å². The molecule has 1 aliphatic rings. The van der Waals surface area contributed by atoms with E-state index in [-0.39, 0.29) is 11.8 Å². The van der Waals surface area contributed by atoms with Crippen molar-refractivity contribution in [1.82, 2.24) is 10.2 Å². The lowest BCUT2D eigenvalue weighted by Crippen LogP contribution is -2.13. The van der Waals surface area contributed by atoms with E-state index < -0.39 is 0 Å². The molecule has 0 spiro atoms. The zero-order valence-electron chi connectivity index (χ0n) is 8.19. The van der Waals surface area contributed by atoms with Crippen molar-refractivity contribution in [2.24, 2.45) is 4.99 Å². The fourth-order valence-electron chi connectivity index (χ4n) is 1.33. The average Bonchev–Trinajstić information content (AvgIpc) is 2.18. The molecule has 0 fully saturated rings. The molecule has 2 heterocycles. The zero-order valence-corrected chi connectivity index (χ0v) is 8.19. The number of hydrogen-bond acceptors (Lipinski definition) is 3. The van der Waals surface area contributed by atoms with Crippen LogP contribution in [0.1, 0.15) is 41.5 Å². The Bertz CT molecular complexity index is 410. The third kappa shape index (κ3) is 1.43. The number of fused-ring (bicyclic) bond motifs is 1. The molecule has 4 nitrogen and oxygen atoms in total. The summed E-state index contributed by atoms with van der Waals surface area (Å²) < 4.78 is 0. The topological polar surface area (TPSA) is 55.2 Å². The largest absolute Gasteiger partial charge is 0.278 e. The van der Waals surface area contributed by atoms with Crippen molar-refractivity contribution in [3.63, 3.8) is 0 Å². The number of carbonyl (C=O) groups excluding carboxylic acids is 1. The summed E-state index contributed by atoms with van der Waals surface area (Å²) in [4.78, 5) is 15.1. The molecule has 0 N–H and O–H groups in total. The highest BCUT2D eigenvalue weighted by Crippen LogP contribution is 2.17. The Hall–Kier alpha value is -1.58.